The molecular formula is C103H116F4N10O5. The molecule has 0 saturated carbocycles. The summed E-state index contributed by atoms with van der Waals surface area (Å²) in [6, 6.07) is 81.0. The summed E-state index contributed by atoms with van der Waals surface area (Å²) in [7, 11) is 1.00. The molecule has 0 aliphatic rings. The van der Waals surface area contributed by atoms with Crippen molar-refractivity contribution in [3.05, 3.63) is 330 Å². The molecule has 15 rings (SSSR count). The van der Waals surface area contributed by atoms with Crippen molar-refractivity contribution in [3.63, 3.8) is 0 Å². The molecule has 0 amide bonds. The summed E-state index contributed by atoms with van der Waals surface area (Å²) in [4.78, 5) is 41.4. The van der Waals surface area contributed by atoms with E-state index in [1.165, 1.54) is 56.4 Å². The van der Waals surface area contributed by atoms with Crippen LogP contribution in [0.2, 0.25) is 0 Å². The topological polar surface area (TPSA) is 175 Å². The van der Waals surface area contributed by atoms with Gasteiger partial charge in [0.25, 0.3) is 0 Å². The second-order valence-electron chi connectivity index (χ2n) is 33.9. The number of rotatable bonds is 22. The molecule has 5 heterocycles. The number of hydrogen-bond acceptors (Lipinski definition) is 15. The molecule has 5 aromatic heterocycles. The van der Waals surface area contributed by atoms with Crippen LogP contribution in [-0.4, -0.2) is 97.2 Å². The summed E-state index contributed by atoms with van der Waals surface area (Å²) in [5.74, 6) is 2.67. The Morgan fingerprint density at radius 3 is 0.811 bits per heavy atom. The number of hydrogen-bond donors (Lipinski definition) is 0. The van der Waals surface area contributed by atoms with Crippen LogP contribution in [-0.2, 0) is 52.8 Å². The summed E-state index contributed by atoms with van der Waals surface area (Å²) in [5, 5.41) is 4.38. The van der Waals surface area contributed by atoms with E-state index in [0.29, 0.717) is 81.3 Å². The number of fused-ring (bicyclic) bond motifs is 5. The van der Waals surface area contributed by atoms with Gasteiger partial charge in [0.2, 0.25) is 29.4 Å². The van der Waals surface area contributed by atoms with Crippen LogP contribution >= 0.6 is 0 Å². The molecule has 0 radical (unpaired) electrons. The van der Waals surface area contributed by atoms with E-state index in [2.05, 4.69) is 251 Å². The summed E-state index contributed by atoms with van der Waals surface area (Å²) in [5.41, 5.74) is 17.1. The highest BCUT2D eigenvalue weighted by Crippen LogP contribution is 2.33. The van der Waals surface area contributed by atoms with Crippen LogP contribution in [0.3, 0.4) is 0 Å². The fraction of sp³-hybridized carbons (Fsp3) is 0.320. The summed E-state index contributed by atoms with van der Waals surface area (Å²) < 4.78 is 75.9. The first kappa shape index (κ1) is 93.5. The first-order valence-electron chi connectivity index (χ1n) is 41.3. The molecule has 0 aliphatic carbocycles. The van der Waals surface area contributed by atoms with Crippen molar-refractivity contribution in [2.24, 2.45) is 0 Å². The standard InChI is InChI=1S/C21H24N2O.2C20H21FN2O.2C20H22N2O.2CH3F/c1-4-21(2,3)17-11-9-16(10-12-17)13-14-24-20-18-7-5-6-8-19(18)22-15-23-20;1-20(2,3)15-10-8-14(9-11-15)17(21)12-24-19-16-6-4-5-7-18(16)22-13-23-19;1-20(2,3)15-10-8-14(9-11-15)12-13-24-18-16-6-4-5-7-17(16)22-19(21)23-18;2*1-20(2,3)16-10-8-15(9-11-16)12-13-23-19-17-6-4-5-7-18(17)21-14-22-19;2*1-2/h5-12,15H,4,13-14H2,1-3H3;4-11,13,17H,12H2,1-3H3;4-11H,12-13H2,1-3H3;2*4-11,14H,12-13H2,1-3H3;2*1H3/i;2*21-1;;;2*2-1. The maximum atomic E-state index is 14.5. The number of benzene rings is 10. The second kappa shape index (κ2) is 44.8. The lowest BCUT2D eigenvalue weighted by Crippen LogP contribution is -2.15. The predicted octanol–water partition coefficient (Wildman–Crippen LogP) is 24.9. The lowest BCUT2D eigenvalue weighted by Gasteiger charge is -2.23. The molecule has 15 nitrogen and oxygen atoms in total. The molecular weight excluding hydrogens is 1530 g/mol. The smallest absolute Gasteiger partial charge is 0.312 e. The molecule has 10 aromatic carbocycles. The Hall–Kier alpha value is -12.4. The molecule has 636 valence electrons. The van der Waals surface area contributed by atoms with Crippen molar-refractivity contribution in [1.29, 1.82) is 0 Å². The third kappa shape index (κ3) is 27.6. The molecule has 122 heavy (non-hydrogen) atoms. The van der Waals surface area contributed by atoms with Crippen molar-refractivity contribution in [3.8, 4) is 29.4 Å². The Bertz CT molecular complexity index is 5540. The molecule has 19 heteroatoms. The fourth-order valence-corrected chi connectivity index (χ4v) is 12.9. The number of ether oxygens (including phenoxy) is 5. The van der Waals surface area contributed by atoms with Gasteiger partial charge in [-0.05, 0) is 150 Å². The molecule has 1 unspecified atom stereocenters. The van der Waals surface area contributed by atoms with Gasteiger partial charge in [0.05, 0.1) is 95.3 Å². The minimum absolute atomic E-state index is 0.0563. The first-order chi connectivity index (χ1) is 58.6. The Labute approximate surface area is 717 Å². The van der Waals surface area contributed by atoms with E-state index in [-0.39, 0.29) is 33.7 Å². The quantitative estimate of drug-likeness (QED) is 0.0462. The van der Waals surface area contributed by atoms with Gasteiger partial charge in [-0.25, -0.2) is 49.2 Å². The maximum Gasteiger partial charge on any atom is 0.312 e. The minimum Gasteiger partial charge on any atom is -0.477 e. The summed E-state index contributed by atoms with van der Waals surface area (Å²) in [6.45, 7) is 35.3. The number of para-hydroxylation sites is 5. The number of halogens is 4. The van der Waals surface area contributed by atoms with Gasteiger partial charge in [0.1, 0.15) is 31.9 Å². The fourth-order valence-electron chi connectivity index (χ4n) is 12.9. The van der Waals surface area contributed by atoms with Crippen LogP contribution in [0.5, 0.6) is 29.4 Å². The minimum atomic E-state index is -1.20. The number of aromatic nitrogens is 10. The zero-order valence-electron chi connectivity index (χ0n) is 73.6. The SMILES string of the molecule is CC(C)(C)c1ccc(C([18F])COc2ncnc3ccccc23)cc1.CC(C)(C)c1ccc(CCOc2nc([18F])nc3ccccc23)cc1.CC(C)(C)c1ccc(CCOc2ncnc3ccccc23)cc1.CC(C)(C)c1ccc(CCOc2ncnc3ccccc23)cc1.CCC(C)(C)c1ccc(CCOc2ncnc3ccccc23)cc1.C[18F].C[18F]. The maximum absolute atomic E-state index is 14.5. The molecule has 0 N–H and O–H groups in total. The number of alkyl halides is 3. The third-order valence-electron chi connectivity index (χ3n) is 20.7. The van der Waals surface area contributed by atoms with Crippen molar-refractivity contribution in [2.75, 3.05) is 47.4 Å². The van der Waals surface area contributed by atoms with Gasteiger partial charge in [0, 0.05) is 25.7 Å². The highest BCUT2D eigenvalue weighted by molar-refractivity contribution is 5.86. The van der Waals surface area contributed by atoms with Crippen molar-refractivity contribution >= 4 is 54.5 Å². The van der Waals surface area contributed by atoms with E-state index in [9.17, 15) is 17.6 Å². The van der Waals surface area contributed by atoms with Crippen LogP contribution in [0.25, 0.3) is 54.5 Å². The van der Waals surface area contributed by atoms with Gasteiger partial charge in [-0.3, -0.25) is 8.78 Å². The van der Waals surface area contributed by atoms with Crippen molar-refractivity contribution in [1.82, 2.24) is 49.8 Å². The molecule has 0 aliphatic heterocycles. The molecule has 1 atom stereocenters. The lowest BCUT2D eigenvalue weighted by atomic mass is 9.82. The van der Waals surface area contributed by atoms with Crippen LogP contribution < -0.4 is 23.7 Å². The Balaban J connectivity index is 0.000000171. The van der Waals surface area contributed by atoms with Crippen molar-refractivity contribution < 1.29 is 41.2 Å². The molecule has 0 spiro atoms. The zero-order chi connectivity index (χ0) is 87.9. The van der Waals surface area contributed by atoms with E-state index >= 15 is 0 Å². The highest BCUT2D eigenvalue weighted by Gasteiger charge is 2.21. The Morgan fingerprint density at radius 1 is 0.279 bits per heavy atom. The van der Waals surface area contributed by atoms with Crippen molar-refractivity contribution in [2.45, 2.75) is 169 Å². The van der Waals surface area contributed by atoms with Gasteiger partial charge >= 0.3 is 6.08 Å². The molecule has 0 bridgehead atoms. The predicted molar refractivity (Wildman–Crippen MR) is 488 cm³/mol. The van der Waals surface area contributed by atoms with Gasteiger partial charge in [-0.2, -0.15) is 9.37 Å². The largest absolute Gasteiger partial charge is 0.477 e. The van der Waals surface area contributed by atoms with Gasteiger partial charge in [0.15, 0.2) is 6.17 Å². The highest BCUT2D eigenvalue weighted by atomic mass is 18.2. The van der Waals surface area contributed by atoms with Crippen LogP contribution in [0.1, 0.15) is 172 Å². The van der Waals surface area contributed by atoms with Crippen LogP contribution in [0, 0.1) is 6.08 Å². The Morgan fingerprint density at radius 2 is 0.525 bits per heavy atom. The van der Waals surface area contributed by atoms with Crippen LogP contribution in [0.4, 0.5) is 17.6 Å². The third-order valence-corrected chi connectivity index (χ3v) is 20.7. The average molecular weight is 1650 g/mol. The van der Waals surface area contributed by atoms with Gasteiger partial charge in [-0.15, -0.1) is 0 Å². The molecule has 0 saturated heterocycles. The van der Waals surface area contributed by atoms with Gasteiger partial charge in [-0.1, -0.05) is 286 Å². The molecule has 0 fully saturated rings. The summed E-state index contributed by atoms with van der Waals surface area (Å²) >= 11 is 0. The Kier molecular flexibility index (Phi) is 34.3. The second-order valence-corrected chi connectivity index (χ2v) is 33.9. The molecule has 15 aromatic rings. The normalized spacial score (nSPS) is 11.6. The number of nitrogens with zero attached hydrogens (tertiary/aromatic N) is 10. The summed E-state index contributed by atoms with van der Waals surface area (Å²) in [6.07, 6.45) is 8.59. The van der Waals surface area contributed by atoms with Gasteiger partial charge < -0.3 is 23.7 Å². The van der Waals surface area contributed by atoms with Crippen LogP contribution in [0.15, 0.2) is 268 Å². The van der Waals surface area contributed by atoms with E-state index in [1.54, 1.807) is 25.0 Å². The zero-order valence-corrected chi connectivity index (χ0v) is 73.6. The van der Waals surface area contributed by atoms with E-state index < -0.39 is 12.2 Å². The van der Waals surface area contributed by atoms with E-state index in [1.807, 2.05) is 140 Å². The lowest BCUT2D eigenvalue weighted by molar-refractivity contribution is 0.194. The average Bonchev–Trinajstić information content (AvgIpc) is 0.815. The first-order valence-corrected chi connectivity index (χ1v) is 41.3. The van der Waals surface area contributed by atoms with E-state index in [4.69, 9.17) is 23.7 Å². The monoisotopic (exact) mass is 1640 g/mol. The van der Waals surface area contributed by atoms with E-state index in [0.717, 1.165) is 81.1 Å².